The summed E-state index contributed by atoms with van der Waals surface area (Å²) in [7, 11) is 1.36. The van der Waals surface area contributed by atoms with Crippen LogP contribution in [0.25, 0.3) is 0 Å². The molecule has 1 aliphatic rings. The van der Waals surface area contributed by atoms with Crippen LogP contribution in [0.2, 0.25) is 0 Å². The van der Waals surface area contributed by atoms with Gasteiger partial charge in [0.1, 0.15) is 11.7 Å². The third kappa shape index (κ3) is 3.69. The molecule has 1 fully saturated rings. The summed E-state index contributed by atoms with van der Waals surface area (Å²) in [5, 5.41) is 0. The van der Waals surface area contributed by atoms with Crippen LogP contribution in [0.5, 0.6) is 0 Å². The fraction of sp³-hybridized carbons (Fsp3) is 0.733. The van der Waals surface area contributed by atoms with E-state index in [1.54, 1.807) is 0 Å². The quantitative estimate of drug-likeness (QED) is 0.429. The Balaban J connectivity index is 2.61. The van der Waals surface area contributed by atoms with Crippen molar-refractivity contribution in [1.82, 2.24) is 0 Å². The lowest BCUT2D eigenvalue weighted by molar-refractivity contribution is -0.150. The lowest BCUT2D eigenvalue weighted by Gasteiger charge is -2.22. The Bertz CT molecular complexity index is 340. The first-order chi connectivity index (χ1) is 8.47. The molecule has 0 aromatic heterocycles. The van der Waals surface area contributed by atoms with Crippen LogP contribution in [-0.2, 0) is 14.3 Å². The molecule has 0 aliphatic heterocycles. The Morgan fingerprint density at radius 3 is 2.72 bits per heavy atom. The monoisotopic (exact) mass is 252 g/mol. The van der Waals surface area contributed by atoms with E-state index in [-0.39, 0.29) is 17.7 Å². The van der Waals surface area contributed by atoms with Crippen molar-refractivity contribution in [2.24, 2.45) is 17.8 Å². The van der Waals surface area contributed by atoms with Gasteiger partial charge >= 0.3 is 5.97 Å². The number of rotatable bonds is 5. The molecule has 0 radical (unpaired) electrons. The number of ketones is 1. The fourth-order valence-corrected chi connectivity index (χ4v) is 2.77. The normalized spacial score (nSPS) is 24.8. The zero-order chi connectivity index (χ0) is 13.7. The van der Waals surface area contributed by atoms with E-state index >= 15 is 0 Å². The van der Waals surface area contributed by atoms with Gasteiger partial charge in [-0.3, -0.25) is 9.59 Å². The summed E-state index contributed by atoms with van der Waals surface area (Å²) in [5.74, 6) is -0.263. The Labute approximate surface area is 110 Å². The zero-order valence-electron chi connectivity index (χ0n) is 11.9. The maximum absolute atomic E-state index is 11.8. The van der Waals surface area contributed by atoms with E-state index in [0.717, 1.165) is 19.3 Å². The molecule has 0 aromatic carbocycles. The summed E-state index contributed by atoms with van der Waals surface area (Å²) in [6.07, 6.45) is 5.60. The molecule has 0 N–H and O–H groups in total. The van der Waals surface area contributed by atoms with E-state index in [1.807, 2.05) is 0 Å². The van der Waals surface area contributed by atoms with Crippen molar-refractivity contribution in [3.63, 3.8) is 0 Å². The summed E-state index contributed by atoms with van der Waals surface area (Å²) < 4.78 is 4.76. The van der Waals surface area contributed by atoms with E-state index in [1.165, 1.54) is 12.7 Å². The molecule has 1 rings (SSSR count). The predicted octanol–water partition coefficient (Wildman–Crippen LogP) is 3.14. The molecular formula is C15H24O3. The minimum Gasteiger partial charge on any atom is -0.468 e. The van der Waals surface area contributed by atoms with E-state index in [0.29, 0.717) is 12.3 Å². The van der Waals surface area contributed by atoms with Gasteiger partial charge in [-0.05, 0) is 44.9 Å². The highest BCUT2D eigenvalue weighted by Crippen LogP contribution is 2.37. The highest BCUT2D eigenvalue weighted by atomic mass is 16.5. The number of ether oxygens (including phenoxy) is 1. The molecule has 3 nitrogen and oxygen atoms in total. The molecule has 0 aromatic rings. The molecule has 0 amide bonds. The van der Waals surface area contributed by atoms with Gasteiger partial charge in [-0.25, -0.2) is 0 Å². The molecule has 0 heterocycles. The van der Waals surface area contributed by atoms with E-state index in [9.17, 15) is 9.59 Å². The van der Waals surface area contributed by atoms with Crippen molar-refractivity contribution in [3.8, 4) is 0 Å². The van der Waals surface area contributed by atoms with Gasteiger partial charge in [0.2, 0.25) is 0 Å². The lowest BCUT2D eigenvalue weighted by Crippen LogP contribution is -2.29. The summed E-state index contributed by atoms with van der Waals surface area (Å²) in [6.45, 7) is 6.31. The smallest absolute Gasteiger partial charge is 0.316 e. The maximum atomic E-state index is 11.8. The second-order valence-electron chi connectivity index (χ2n) is 5.51. The minimum atomic E-state index is -0.517. The molecule has 102 valence electrons. The first kappa shape index (κ1) is 14.9. The largest absolute Gasteiger partial charge is 0.468 e. The van der Waals surface area contributed by atoms with Crippen LogP contribution in [0.1, 0.15) is 46.5 Å². The molecule has 0 saturated heterocycles. The number of carbonyl (C=O) groups is 2. The van der Waals surface area contributed by atoms with Crippen molar-refractivity contribution in [2.75, 3.05) is 7.11 Å². The fourth-order valence-electron chi connectivity index (χ4n) is 2.77. The van der Waals surface area contributed by atoms with Crippen LogP contribution in [0, 0.1) is 17.8 Å². The summed E-state index contributed by atoms with van der Waals surface area (Å²) in [4.78, 5) is 23.4. The average molecular weight is 252 g/mol. The van der Waals surface area contributed by atoms with Crippen LogP contribution in [0.15, 0.2) is 11.6 Å². The Hall–Kier alpha value is -1.12. The Morgan fingerprint density at radius 1 is 1.50 bits per heavy atom. The van der Waals surface area contributed by atoms with Gasteiger partial charge in [-0.2, -0.15) is 0 Å². The first-order valence-corrected chi connectivity index (χ1v) is 6.71. The van der Waals surface area contributed by atoms with Crippen molar-refractivity contribution >= 4 is 11.8 Å². The number of esters is 1. The third-order valence-electron chi connectivity index (χ3n) is 3.86. The lowest BCUT2D eigenvalue weighted by atomic mass is 9.82. The SMILES string of the molecule is COC(=O)[C@@H]1C(=O)CC[C@H]1[C@@H](C)CCC=C(C)C. The predicted molar refractivity (Wildman–Crippen MR) is 71.1 cm³/mol. The van der Waals surface area contributed by atoms with Crippen LogP contribution >= 0.6 is 0 Å². The van der Waals surface area contributed by atoms with Gasteiger partial charge < -0.3 is 4.74 Å². The van der Waals surface area contributed by atoms with Gasteiger partial charge in [0.25, 0.3) is 0 Å². The number of carbonyl (C=O) groups excluding carboxylic acids is 2. The van der Waals surface area contributed by atoms with Crippen LogP contribution in [-0.4, -0.2) is 18.9 Å². The highest BCUT2D eigenvalue weighted by Gasteiger charge is 2.42. The first-order valence-electron chi connectivity index (χ1n) is 6.71. The van der Waals surface area contributed by atoms with Crippen LogP contribution in [0.3, 0.4) is 0 Å². The number of hydrogen-bond acceptors (Lipinski definition) is 3. The van der Waals surface area contributed by atoms with Crippen LogP contribution in [0.4, 0.5) is 0 Å². The molecule has 0 unspecified atom stereocenters. The molecule has 1 aliphatic carbocycles. The topological polar surface area (TPSA) is 43.4 Å². The zero-order valence-corrected chi connectivity index (χ0v) is 11.9. The van der Waals surface area contributed by atoms with Gasteiger partial charge in [0.05, 0.1) is 7.11 Å². The molecule has 0 spiro atoms. The van der Waals surface area contributed by atoms with Crippen molar-refractivity contribution < 1.29 is 14.3 Å². The van der Waals surface area contributed by atoms with E-state index in [2.05, 4.69) is 26.8 Å². The average Bonchev–Trinajstić information content (AvgIpc) is 2.69. The second kappa shape index (κ2) is 6.72. The molecule has 3 atom stereocenters. The molecule has 3 heteroatoms. The van der Waals surface area contributed by atoms with Gasteiger partial charge in [-0.1, -0.05) is 18.6 Å². The summed E-state index contributed by atoms with van der Waals surface area (Å²) >= 11 is 0. The molecule has 1 saturated carbocycles. The standard InChI is InChI=1S/C15H24O3/c1-10(2)6-5-7-11(3)12-8-9-13(16)14(12)15(17)18-4/h6,11-12,14H,5,7-9H2,1-4H3/t11-,12-,14-/m0/s1. The molecule has 18 heavy (non-hydrogen) atoms. The Morgan fingerprint density at radius 2 is 2.17 bits per heavy atom. The highest BCUT2D eigenvalue weighted by molar-refractivity contribution is 6.00. The third-order valence-corrected chi connectivity index (χ3v) is 3.86. The van der Waals surface area contributed by atoms with E-state index < -0.39 is 5.92 Å². The maximum Gasteiger partial charge on any atom is 0.316 e. The minimum absolute atomic E-state index is 0.0564. The summed E-state index contributed by atoms with van der Waals surface area (Å²) in [6, 6.07) is 0. The molecule has 0 bridgehead atoms. The molecular weight excluding hydrogens is 228 g/mol. The number of methoxy groups -OCH3 is 1. The van der Waals surface area contributed by atoms with Gasteiger partial charge in [-0.15, -0.1) is 0 Å². The number of allylic oxidation sites excluding steroid dienone is 2. The van der Waals surface area contributed by atoms with Crippen molar-refractivity contribution in [1.29, 1.82) is 0 Å². The van der Waals surface area contributed by atoms with Crippen molar-refractivity contribution in [2.45, 2.75) is 46.5 Å². The Kier molecular flexibility index (Phi) is 5.57. The van der Waals surface area contributed by atoms with E-state index in [4.69, 9.17) is 4.74 Å². The second-order valence-corrected chi connectivity index (χ2v) is 5.51. The van der Waals surface area contributed by atoms with Gasteiger partial charge in [0, 0.05) is 6.42 Å². The number of hydrogen-bond donors (Lipinski definition) is 0. The summed E-state index contributed by atoms with van der Waals surface area (Å²) in [5.41, 5.74) is 1.31. The van der Waals surface area contributed by atoms with Gasteiger partial charge in [0.15, 0.2) is 0 Å². The van der Waals surface area contributed by atoms with Crippen molar-refractivity contribution in [3.05, 3.63) is 11.6 Å². The number of Topliss-reactive ketones (excluding diaryl/α,β-unsaturated/α-hetero) is 1. The van der Waals surface area contributed by atoms with Crippen LogP contribution < -0.4 is 0 Å².